The number of urea groups is 1. The lowest BCUT2D eigenvalue weighted by atomic mass is 10.1. The quantitative estimate of drug-likeness (QED) is 0.853. The Labute approximate surface area is 114 Å². The molecule has 100 valence electrons. The SMILES string of the molecule is NC(=O)C1CC2CC2N1C(=O)Nc1ccc(Cl)cn1. The minimum Gasteiger partial charge on any atom is -0.368 e. The summed E-state index contributed by atoms with van der Waals surface area (Å²) in [7, 11) is 0. The van der Waals surface area contributed by atoms with E-state index >= 15 is 0 Å². The van der Waals surface area contributed by atoms with E-state index in [0.29, 0.717) is 23.2 Å². The zero-order chi connectivity index (χ0) is 13.6. The van der Waals surface area contributed by atoms with Crippen LogP contribution in [0.5, 0.6) is 0 Å². The van der Waals surface area contributed by atoms with Crippen molar-refractivity contribution in [1.29, 1.82) is 0 Å². The van der Waals surface area contributed by atoms with E-state index in [0.717, 1.165) is 6.42 Å². The number of nitrogens with two attached hydrogens (primary N) is 1. The first-order valence-corrected chi connectivity index (χ1v) is 6.44. The number of piperidine rings is 1. The van der Waals surface area contributed by atoms with Crippen LogP contribution in [0.1, 0.15) is 12.8 Å². The molecule has 1 aromatic heterocycles. The lowest BCUT2D eigenvalue weighted by molar-refractivity contribution is -0.121. The van der Waals surface area contributed by atoms with E-state index in [4.69, 9.17) is 17.3 Å². The number of nitrogens with one attached hydrogen (secondary N) is 1. The molecule has 3 atom stereocenters. The second-order valence-electron chi connectivity index (χ2n) is 4.92. The molecule has 6 nitrogen and oxygen atoms in total. The zero-order valence-corrected chi connectivity index (χ0v) is 10.8. The van der Waals surface area contributed by atoms with Gasteiger partial charge in [-0.1, -0.05) is 11.6 Å². The molecule has 1 aromatic rings. The van der Waals surface area contributed by atoms with Crippen molar-refractivity contribution in [1.82, 2.24) is 9.88 Å². The number of likely N-dealkylation sites (tertiary alicyclic amines) is 1. The first-order chi connectivity index (χ1) is 9.06. The number of rotatable bonds is 2. The minimum absolute atomic E-state index is 0.143. The van der Waals surface area contributed by atoms with E-state index in [2.05, 4.69) is 10.3 Å². The van der Waals surface area contributed by atoms with Crippen LogP contribution in [0, 0.1) is 5.92 Å². The highest BCUT2D eigenvalue weighted by Crippen LogP contribution is 2.47. The molecule has 7 heteroatoms. The molecule has 2 heterocycles. The van der Waals surface area contributed by atoms with E-state index in [1.807, 2.05) is 0 Å². The van der Waals surface area contributed by atoms with Gasteiger partial charge in [0.2, 0.25) is 5.91 Å². The first-order valence-electron chi connectivity index (χ1n) is 6.06. The van der Waals surface area contributed by atoms with Crippen molar-refractivity contribution < 1.29 is 9.59 Å². The Morgan fingerprint density at radius 1 is 1.42 bits per heavy atom. The van der Waals surface area contributed by atoms with Crippen LogP contribution in [0.2, 0.25) is 5.02 Å². The lowest BCUT2D eigenvalue weighted by Crippen LogP contribution is -2.47. The van der Waals surface area contributed by atoms with Crippen LogP contribution in [0.4, 0.5) is 10.6 Å². The number of carbonyl (C=O) groups excluding carboxylic acids is 2. The third-order valence-corrected chi connectivity index (χ3v) is 3.85. The number of halogens is 1. The molecule has 2 fully saturated rings. The van der Waals surface area contributed by atoms with Gasteiger partial charge in [-0.2, -0.15) is 0 Å². The minimum atomic E-state index is -0.504. The number of anilines is 1. The predicted octanol–water partition coefficient (Wildman–Crippen LogP) is 1.22. The first kappa shape index (κ1) is 12.2. The van der Waals surface area contributed by atoms with Crippen molar-refractivity contribution in [3.63, 3.8) is 0 Å². The third-order valence-electron chi connectivity index (χ3n) is 3.63. The molecular formula is C12H13ClN4O2. The van der Waals surface area contributed by atoms with Crippen LogP contribution >= 0.6 is 11.6 Å². The van der Waals surface area contributed by atoms with Gasteiger partial charge in [0.05, 0.1) is 5.02 Å². The predicted molar refractivity (Wildman–Crippen MR) is 69.6 cm³/mol. The fourth-order valence-corrected chi connectivity index (χ4v) is 2.74. The van der Waals surface area contributed by atoms with Crippen LogP contribution in [0.15, 0.2) is 18.3 Å². The van der Waals surface area contributed by atoms with Gasteiger partial charge >= 0.3 is 6.03 Å². The van der Waals surface area contributed by atoms with Gasteiger partial charge in [0, 0.05) is 12.2 Å². The maximum Gasteiger partial charge on any atom is 0.323 e. The second kappa shape index (κ2) is 4.38. The molecule has 3 amide bonds. The Kier molecular flexibility index (Phi) is 2.82. The average Bonchev–Trinajstić information content (AvgIpc) is 3.02. The molecule has 0 bridgehead atoms. The summed E-state index contributed by atoms with van der Waals surface area (Å²) in [6, 6.07) is 2.56. The molecule has 3 rings (SSSR count). The van der Waals surface area contributed by atoms with Crippen molar-refractivity contribution in [3.05, 3.63) is 23.4 Å². The topological polar surface area (TPSA) is 88.3 Å². The van der Waals surface area contributed by atoms with Gasteiger partial charge in [-0.3, -0.25) is 10.1 Å². The van der Waals surface area contributed by atoms with Crippen molar-refractivity contribution in [2.24, 2.45) is 11.7 Å². The Bertz CT molecular complexity index is 533. The fourth-order valence-electron chi connectivity index (χ4n) is 2.63. The summed E-state index contributed by atoms with van der Waals surface area (Å²) in [6.45, 7) is 0. The van der Waals surface area contributed by atoms with Crippen LogP contribution in [-0.2, 0) is 4.79 Å². The number of aromatic nitrogens is 1. The van der Waals surface area contributed by atoms with Gasteiger partial charge < -0.3 is 10.6 Å². The largest absolute Gasteiger partial charge is 0.368 e. The summed E-state index contributed by atoms with van der Waals surface area (Å²) >= 11 is 5.72. The van der Waals surface area contributed by atoms with Crippen LogP contribution < -0.4 is 11.1 Å². The third kappa shape index (κ3) is 2.23. The smallest absolute Gasteiger partial charge is 0.323 e. The van der Waals surface area contributed by atoms with Gasteiger partial charge in [0.25, 0.3) is 0 Å². The van der Waals surface area contributed by atoms with Gasteiger partial charge in [-0.05, 0) is 30.9 Å². The molecule has 0 aromatic carbocycles. The number of hydrogen-bond acceptors (Lipinski definition) is 3. The van der Waals surface area contributed by atoms with Gasteiger partial charge in [-0.25, -0.2) is 9.78 Å². The molecule has 1 saturated heterocycles. The molecule has 1 aliphatic heterocycles. The maximum absolute atomic E-state index is 12.2. The van der Waals surface area contributed by atoms with Crippen molar-refractivity contribution in [3.8, 4) is 0 Å². The van der Waals surface area contributed by atoms with E-state index < -0.39 is 11.9 Å². The number of fused-ring (bicyclic) bond motifs is 1. The van der Waals surface area contributed by atoms with Crippen molar-refractivity contribution in [2.75, 3.05) is 5.32 Å². The van der Waals surface area contributed by atoms with Crippen molar-refractivity contribution in [2.45, 2.75) is 24.9 Å². The monoisotopic (exact) mass is 280 g/mol. The highest BCUT2D eigenvalue weighted by Gasteiger charge is 2.55. The molecule has 1 saturated carbocycles. The van der Waals surface area contributed by atoms with Crippen LogP contribution in [0.25, 0.3) is 0 Å². The zero-order valence-electron chi connectivity index (χ0n) is 10.0. The molecule has 2 aliphatic rings. The normalized spacial score (nSPS) is 27.8. The molecule has 3 unspecified atom stereocenters. The van der Waals surface area contributed by atoms with Crippen molar-refractivity contribution >= 4 is 29.4 Å². The van der Waals surface area contributed by atoms with E-state index in [-0.39, 0.29) is 12.1 Å². The summed E-state index contributed by atoms with van der Waals surface area (Å²) in [6.07, 6.45) is 3.07. The summed E-state index contributed by atoms with van der Waals surface area (Å²) in [5.74, 6) is 0.370. The number of amides is 3. The number of nitrogens with zero attached hydrogens (tertiary/aromatic N) is 2. The van der Waals surface area contributed by atoms with Crippen LogP contribution in [0.3, 0.4) is 0 Å². The summed E-state index contributed by atoms with van der Waals surface area (Å²) < 4.78 is 0. The van der Waals surface area contributed by atoms with Gasteiger partial charge in [-0.15, -0.1) is 0 Å². The molecule has 1 aliphatic carbocycles. The Morgan fingerprint density at radius 3 is 2.84 bits per heavy atom. The van der Waals surface area contributed by atoms with E-state index in [1.165, 1.54) is 6.20 Å². The van der Waals surface area contributed by atoms with Gasteiger partial charge in [0.15, 0.2) is 0 Å². The fraction of sp³-hybridized carbons (Fsp3) is 0.417. The number of pyridine rings is 1. The van der Waals surface area contributed by atoms with E-state index in [9.17, 15) is 9.59 Å². The summed E-state index contributed by atoms with van der Waals surface area (Å²) in [5.41, 5.74) is 5.33. The molecule has 0 spiro atoms. The number of hydrogen-bond donors (Lipinski definition) is 2. The molecular weight excluding hydrogens is 268 g/mol. The Balaban J connectivity index is 1.72. The highest BCUT2D eigenvalue weighted by molar-refractivity contribution is 6.30. The maximum atomic E-state index is 12.2. The summed E-state index contributed by atoms with van der Waals surface area (Å²) in [5, 5.41) is 3.16. The Hall–Kier alpha value is -1.82. The number of carbonyl (C=O) groups is 2. The number of primary amides is 1. The second-order valence-corrected chi connectivity index (χ2v) is 5.35. The van der Waals surface area contributed by atoms with Gasteiger partial charge in [0.1, 0.15) is 11.9 Å². The highest BCUT2D eigenvalue weighted by atomic mass is 35.5. The molecule has 3 N–H and O–H groups in total. The molecule has 19 heavy (non-hydrogen) atoms. The van der Waals surface area contributed by atoms with Crippen LogP contribution in [-0.4, -0.2) is 33.9 Å². The van der Waals surface area contributed by atoms with E-state index in [1.54, 1.807) is 17.0 Å². The standard InChI is InChI=1S/C12H13ClN4O2/c13-7-1-2-10(15-5-7)16-12(19)17-8-3-6(8)4-9(17)11(14)18/h1-2,5-6,8-9H,3-4H2,(H2,14,18)(H,15,16,19). The summed E-state index contributed by atoms with van der Waals surface area (Å²) in [4.78, 5) is 29.1. The molecule has 0 radical (unpaired) electrons. The average molecular weight is 281 g/mol. The lowest BCUT2D eigenvalue weighted by Gasteiger charge is -2.25. The Morgan fingerprint density at radius 2 is 2.21 bits per heavy atom.